The molecule has 0 saturated heterocycles. The van der Waals surface area contributed by atoms with Crippen LogP contribution in [0.25, 0.3) is 0 Å². The summed E-state index contributed by atoms with van der Waals surface area (Å²) in [4.78, 5) is 10.3. The van der Waals surface area contributed by atoms with Gasteiger partial charge >= 0.3 is 0 Å². The first-order chi connectivity index (χ1) is 15.0. The van der Waals surface area contributed by atoms with Gasteiger partial charge in [0.1, 0.15) is 11.6 Å². The molecule has 3 aromatic rings. The zero-order valence-corrected chi connectivity index (χ0v) is 20.8. The van der Waals surface area contributed by atoms with Crippen LogP contribution in [0.4, 0.5) is 10.2 Å². The summed E-state index contributed by atoms with van der Waals surface area (Å²) in [7, 11) is -1.64. The summed E-state index contributed by atoms with van der Waals surface area (Å²) in [5, 5.41) is 4.87. The van der Waals surface area contributed by atoms with Crippen molar-refractivity contribution < 1.29 is 12.8 Å². The largest absolute Gasteiger partial charge is 0.365 e. The predicted octanol–water partition coefficient (Wildman–Crippen LogP) is 5.15. The maximum Gasteiger partial charge on any atom is 0.185 e. The number of aromatic nitrogens is 2. The van der Waals surface area contributed by atoms with Crippen LogP contribution in [-0.4, -0.2) is 35.9 Å². The van der Waals surface area contributed by atoms with Gasteiger partial charge in [-0.1, -0.05) is 23.7 Å². The van der Waals surface area contributed by atoms with Crippen LogP contribution in [0.2, 0.25) is 5.02 Å². The Bertz CT molecular complexity index is 1180. The average molecular weight is 497 g/mol. The van der Waals surface area contributed by atoms with Gasteiger partial charge in [0, 0.05) is 35.8 Å². The van der Waals surface area contributed by atoms with Gasteiger partial charge in [0.05, 0.1) is 26.9 Å². The SMILES string of the molecule is CN(Cc1cccc(F)c1CNc1ncc(S(=O)(=O)Cc2cscn2)cc1Cl)C(C)(C)C. The summed E-state index contributed by atoms with van der Waals surface area (Å²) in [6.07, 6.45) is 1.26. The van der Waals surface area contributed by atoms with Gasteiger partial charge in [-0.2, -0.15) is 0 Å². The molecule has 0 fully saturated rings. The van der Waals surface area contributed by atoms with Crippen molar-refractivity contribution in [2.24, 2.45) is 0 Å². The van der Waals surface area contributed by atoms with Crippen molar-refractivity contribution in [2.45, 2.75) is 50.0 Å². The Morgan fingerprint density at radius 3 is 2.62 bits per heavy atom. The highest BCUT2D eigenvalue weighted by molar-refractivity contribution is 7.90. The number of halogens is 2. The lowest BCUT2D eigenvalue weighted by molar-refractivity contribution is 0.167. The van der Waals surface area contributed by atoms with Crippen LogP contribution in [0.15, 0.2) is 46.2 Å². The van der Waals surface area contributed by atoms with Crippen LogP contribution < -0.4 is 5.32 Å². The number of nitrogens with one attached hydrogen (secondary N) is 1. The Hall–Kier alpha value is -2.07. The molecule has 172 valence electrons. The lowest BCUT2D eigenvalue weighted by Crippen LogP contribution is -2.37. The van der Waals surface area contributed by atoms with Crippen molar-refractivity contribution in [1.29, 1.82) is 0 Å². The van der Waals surface area contributed by atoms with Gasteiger partial charge in [-0.25, -0.2) is 22.8 Å². The maximum atomic E-state index is 14.6. The number of thiazole rings is 1. The van der Waals surface area contributed by atoms with Crippen LogP contribution in [0.3, 0.4) is 0 Å². The molecule has 0 saturated carbocycles. The van der Waals surface area contributed by atoms with Crippen molar-refractivity contribution in [1.82, 2.24) is 14.9 Å². The number of pyridine rings is 1. The van der Waals surface area contributed by atoms with Crippen molar-refractivity contribution in [2.75, 3.05) is 12.4 Å². The minimum absolute atomic E-state index is 0.0134. The molecule has 0 aliphatic rings. The van der Waals surface area contributed by atoms with E-state index in [1.807, 2.05) is 13.1 Å². The summed E-state index contributed by atoms with van der Waals surface area (Å²) in [6.45, 7) is 7.03. The third-order valence-corrected chi connectivity index (χ3v) is 7.74. The van der Waals surface area contributed by atoms with Crippen LogP contribution in [0, 0.1) is 5.82 Å². The summed E-state index contributed by atoms with van der Waals surface area (Å²) in [5.74, 6) is -0.255. The molecule has 1 N–H and O–H groups in total. The molecule has 2 aromatic heterocycles. The fraction of sp³-hybridized carbons (Fsp3) is 0.364. The Kier molecular flexibility index (Phi) is 7.54. The molecular formula is C22H26ClFN4O2S2. The van der Waals surface area contributed by atoms with E-state index in [2.05, 4.69) is 41.0 Å². The molecule has 0 aliphatic heterocycles. The molecular weight excluding hydrogens is 471 g/mol. The Morgan fingerprint density at radius 2 is 2.00 bits per heavy atom. The first-order valence-electron chi connectivity index (χ1n) is 9.94. The molecule has 0 aliphatic carbocycles. The van der Waals surface area contributed by atoms with Gasteiger partial charge in [-0.3, -0.25) is 4.90 Å². The van der Waals surface area contributed by atoms with Crippen molar-refractivity contribution in [3.8, 4) is 0 Å². The molecule has 3 rings (SSSR count). The minimum atomic E-state index is -3.63. The number of rotatable bonds is 8. The van der Waals surface area contributed by atoms with Gasteiger partial charge in [-0.05, 0) is 45.5 Å². The fourth-order valence-electron chi connectivity index (χ4n) is 2.92. The van der Waals surface area contributed by atoms with Gasteiger partial charge in [0.2, 0.25) is 0 Å². The second kappa shape index (κ2) is 9.82. The Morgan fingerprint density at radius 1 is 1.25 bits per heavy atom. The topological polar surface area (TPSA) is 75.2 Å². The molecule has 0 atom stereocenters. The van der Waals surface area contributed by atoms with Crippen LogP contribution in [0.5, 0.6) is 0 Å². The van der Waals surface area contributed by atoms with E-state index in [1.54, 1.807) is 17.0 Å². The Balaban J connectivity index is 1.77. The molecule has 2 heterocycles. The lowest BCUT2D eigenvalue weighted by atomic mass is 10.0. The van der Waals surface area contributed by atoms with Crippen LogP contribution in [-0.2, 0) is 28.7 Å². The third kappa shape index (κ3) is 6.04. The molecule has 1 aromatic carbocycles. The highest BCUT2D eigenvalue weighted by Gasteiger charge is 2.21. The average Bonchev–Trinajstić information content (AvgIpc) is 3.20. The molecule has 0 bridgehead atoms. The van der Waals surface area contributed by atoms with E-state index in [0.29, 0.717) is 17.8 Å². The number of hydrogen-bond donors (Lipinski definition) is 1. The van der Waals surface area contributed by atoms with Crippen molar-refractivity contribution in [3.05, 3.63) is 69.0 Å². The lowest BCUT2D eigenvalue weighted by Gasteiger charge is -2.32. The van der Waals surface area contributed by atoms with E-state index < -0.39 is 9.84 Å². The van der Waals surface area contributed by atoms with E-state index in [4.69, 9.17) is 11.6 Å². The molecule has 0 amide bonds. The highest BCUT2D eigenvalue weighted by atomic mass is 35.5. The number of anilines is 1. The predicted molar refractivity (Wildman–Crippen MR) is 127 cm³/mol. The van der Waals surface area contributed by atoms with Crippen molar-refractivity contribution in [3.63, 3.8) is 0 Å². The van der Waals surface area contributed by atoms with Crippen LogP contribution in [0.1, 0.15) is 37.6 Å². The van der Waals surface area contributed by atoms with Gasteiger partial charge in [-0.15, -0.1) is 11.3 Å². The second-order valence-corrected chi connectivity index (χ2v) is 11.6. The number of nitrogens with zero attached hydrogens (tertiary/aromatic N) is 3. The quantitative estimate of drug-likeness (QED) is 0.465. The number of sulfone groups is 1. The van der Waals surface area contributed by atoms with E-state index in [9.17, 15) is 12.8 Å². The normalized spacial score (nSPS) is 12.3. The molecule has 6 nitrogen and oxygen atoms in total. The van der Waals surface area contributed by atoms with Gasteiger partial charge < -0.3 is 5.32 Å². The van der Waals surface area contributed by atoms with E-state index in [1.165, 1.54) is 29.7 Å². The summed E-state index contributed by atoms with van der Waals surface area (Å²) in [5.41, 5.74) is 3.36. The Labute approximate surface area is 197 Å². The monoisotopic (exact) mass is 496 g/mol. The summed E-state index contributed by atoms with van der Waals surface area (Å²) in [6, 6.07) is 6.36. The first kappa shape index (κ1) is 24.6. The number of benzene rings is 1. The minimum Gasteiger partial charge on any atom is -0.365 e. The second-order valence-electron chi connectivity index (χ2n) is 8.50. The zero-order valence-electron chi connectivity index (χ0n) is 18.4. The number of hydrogen-bond acceptors (Lipinski definition) is 7. The molecule has 0 spiro atoms. The molecule has 10 heteroatoms. The summed E-state index contributed by atoms with van der Waals surface area (Å²) >= 11 is 7.63. The molecule has 0 radical (unpaired) electrons. The summed E-state index contributed by atoms with van der Waals surface area (Å²) < 4.78 is 39.8. The van der Waals surface area contributed by atoms with E-state index in [0.717, 1.165) is 5.56 Å². The fourth-order valence-corrected chi connectivity index (χ4v) is 5.11. The highest BCUT2D eigenvalue weighted by Crippen LogP contribution is 2.26. The van der Waals surface area contributed by atoms with Crippen LogP contribution >= 0.6 is 22.9 Å². The smallest absolute Gasteiger partial charge is 0.185 e. The van der Waals surface area contributed by atoms with Crippen molar-refractivity contribution >= 4 is 38.6 Å². The maximum absolute atomic E-state index is 14.6. The van der Waals surface area contributed by atoms with Gasteiger partial charge in [0.25, 0.3) is 0 Å². The van der Waals surface area contributed by atoms with E-state index >= 15 is 0 Å². The first-order valence-corrected chi connectivity index (χ1v) is 12.9. The van der Waals surface area contributed by atoms with Gasteiger partial charge in [0.15, 0.2) is 9.84 Å². The molecule has 0 unspecified atom stereocenters. The molecule has 32 heavy (non-hydrogen) atoms. The standard InChI is InChI=1S/C22H26ClFN4O2S2/c1-22(2,3)28(4)11-15-6-5-7-20(24)18(15)10-26-21-19(23)8-17(9-25-21)32(29,30)13-16-12-31-14-27-16/h5-9,12,14H,10-11,13H2,1-4H3,(H,25,26). The zero-order chi connectivity index (χ0) is 23.5. The third-order valence-electron chi connectivity index (χ3n) is 5.20. The van der Waals surface area contributed by atoms with E-state index in [-0.39, 0.29) is 39.4 Å².